The van der Waals surface area contributed by atoms with Crippen LogP contribution in [0, 0.1) is 5.92 Å². The van der Waals surface area contributed by atoms with E-state index in [0.717, 1.165) is 11.1 Å². The van der Waals surface area contributed by atoms with Gasteiger partial charge >= 0.3 is 0 Å². The van der Waals surface area contributed by atoms with Crippen LogP contribution in [-0.4, -0.2) is 45.1 Å². The summed E-state index contributed by atoms with van der Waals surface area (Å²) in [6.07, 6.45) is 5.73. The lowest BCUT2D eigenvalue weighted by molar-refractivity contribution is -0.127. The molecule has 0 radical (unpaired) electrons. The fraction of sp³-hybridized carbons (Fsp3) is 0.286. The Kier molecular flexibility index (Phi) is 5.40. The molecule has 7 nitrogen and oxygen atoms in total. The Balaban J connectivity index is 1.46. The summed E-state index contributed by atoms with van der Waals surface area (Å²) in [4.78, 5) is 29.2. The van der Waals surface area contributed by atoms with Crippen LogP contribution in [0.3, 0.4) is 0 Å². The lowest BCUT2D eigenvalue weighted by Crippen LogP contribution is -2.32. The van der Waals surface area contributed by atoms with E-state index in [-0.39, 0.29) is 23.8 Å². The average Bonchev–Trinajstić information content (AvgIpc) is 3.41. The highest BCUT2D eigenvalue weighted by Crippen LogP contribution is 2.36. The first-order valence-corrected chi connectivity index (χ1v) is 9.83. The fourth-order valence-electron chi connectivity index (χ4n) is 3.84. The minimum Gasteiger partial charge on any atom is -0.356 e. The number of hydrogen-bond acceptors (Lipinski definition) is 3. The van der Waals surface area contributed by atoms with Gasteiger partial charge in [0.15, 0.2) is 0 Å². The smallest absolute Gasteiger partial charge is 0.267 e. The van der Waals surface area contributed by atoms with E-state index in [1.54, 1.807) is 24.2 Å². The second kappa shape index (κ2) is 8.13. The number of amides is 2. The van der Waals surface area contributed by atoms with Crippen molar-refractivity contribution < 1.29 is 9.59 Å². The van der Waals surface area contributed by atoms with Crippen molar-refractivity contribution in [3.05, 3.63) is 76.8 Å². The fourth-order valence-corrected chi connectivity index (χ4v) is 4.00. The molecule has 0 unspecified atom stereocenters. The van der Waals surface area contributed by atoms with Gasteiger partial charge in [-0.2, -0.15) is 5.10 Å². The summed E-state index contributed by atoms with van der Waals surface area (Å²) in [5.41, 5.74) is 2.53. The monoisotopic (exact) mass is 411 g/mol. The van der Waals surface area contributed by atoms with Crippen LogP contribution in [0.4, 0.5) is 0 Å². The minimum absolute atomic E-state index is 0.0312. The molecule has 3 heterocycles. The van der Waals surface area contributed by atoms with Crippen LogP contribution in [0.25, 0.3) is 0 Å². The van der Waals surface area contributed by atoms with Crippen molar-refractivity contribution in [3.63, 3.8) is 0 Å². The molecule has 1 saturated heterocycles. The van der Waals surface area contributed by atoms with Gasteiger partial charge in [0.05, 0.1) is 23.8 Å². The van der Waals surface area contributed by atoms with Gasteiger partial charge in [-0.15, -0.1) is 0 Å². The third kappa shape index (κ3) is 4.19. The van der Waals surface area contributed by atoms with Gasteiger partial charge in [-0.3, -0.25) is 14.3 Å². The van der Waals surface area contributed by atoms with Crippen molar-refractivity contribution in [1.82, 2.24) is 25.0 Å². The second-order valence-corrected chi connectivity index (χ2v) is 7.75. The summed E-state index contributed by atoms with van der Waals surface area (Å²) in [5, 5.41) is 7.86. The van der Waals surface area contributed by atoms with Gasteiger partial charge in [-0.1, -0.05) is 41.9 Å². The number of carbonyl (C=O) groups is 2. The van der Waals surface area contributed by atoms with E-state index >= 15 is 0 Å². The molecular weight excluding hydrogens is 390 g/mol. The highest BCUT2D eigenvalue weighted by atomic mass is 35.5. The van der Waals surface area contributed by atoms with Crippen molar-refractivity contribution in [1.29, 1.82) is 0 Å². The Morgan fingerprint density at radius 3 is 2.86 bits per heavy atom. The van der Waals surface area contributed by atoms with Crippen LogP contribution >= 0.6 is 11.6 Å². The second-order valence-electron chi connectivity index (χ2n) is 7.31. The number of rotatable bonds is 6. The topological polar surface area (TPSA) is 83.0 Å². The van der Waals surface area contributed by atoms with Crippen LogP contribution in [0.1, 0.15) is 34.1 Å². The Hall–Kier alpha value is -3.06. The summed E-state index contributed by atoms with van der Waals surface area (Å²) in [6, 6.07) is 11.5. The van der Waals surface area contributed by atoms with Crippen LogP contribution in [0.15, 0.2) is 55.0 Å². The molecule has 8 heteroatoms. The molecule has 1 aliphatic rings. The third-order valence-electron chi connectivity index (χ3n) is 5.29. The third-order valence-corrected chi connectivity index (χ3v) is 5.51. The number of aromatic nitrogens is 3. The molecule has 2 atom stereocenters. The molecule has 3 aromatic rings. The van der Waals surface area contributed by atoms with Crippen molar-refractivity contribution in [2.24, 2.45) is 5.92 Å². The highest BCUT2D eigenvalue weighted by molar-refractivity contribution is 6.30. The maximum atomic E-state index is 12.3. The standard InChI is InChI=1S/C21H22ClN5O2/c1-26-19(28)7-15(9-24-21(29)18-8-17(22)11-23-18)20(26)16-10-25-27(13-16)12-14-5-3-2-4-6-14/h2-6,8,10-11,13,15,20,23H,7,9,12H2,1H3,(H,24,29)/t15-,20+/m0/s1. The Labute approximate surface area is 173 Å². The Morgan fingerprint density at radius 2 is 2.14 bits per heavy atom. The molecule has 2 N–H and O–H groups in total. The van der Waals surface area contributed by atoms with Crippen molar-refractivity contribution in [2.45, 2.75) is 19.0 Å². The highest BCUT2D eigenvalue weighted by Gasteiger charge is 2.39. The zero-order valence-corrected chi connectivity index (χ0v) is 16.8. The molecule has 0 aliphatic carbocycles. The molecule has 1 aliphatic heterocycles. The number of halogens is 1. The molecule has 29 heavy (non-hydrogen) atoms. The summed E-state index contributed by atoms with van der Waals surface area (Å²) < 4.78 is 1.87. The van der Waals surface area contributed by atoms with Gasteiger partial charge < -0.3 is 15.2 Å². The molecule has 150 valence electrons. The maximum absolute atomic E-state index is 12.3. The lowest BCUT2D eigenvalue weighted by atomic mass is 9.95. The van der Waals surface area contributed by atoms with E-state index in [0.29, 0.717) is 30.2 Å². The number of nitrogens with one attached hydrogen (secondary N) is 2. The van der Waals surface area contributed by atoms with E-state index in [1.165, 1.54) is 0 Å². The summed E-state index contributed by atoms with van der Waals surface area (Å²) in [6.45, 7) is 1.06. The molecule has 0 saturated carbocycles. The van der Waals surface area contributed by atoms with Crippen molar-refractivity contribution >= 4 is 23.4 Å². The normalized spacial score (nSPS) is 19.0. The minimum atomic E-state index is -0.238. The predicted octanol–water partition coefficient (Wildman–Crippen LogP) is 2.86. The summed E-state index contributed by atoms with van der Waals surface area (Å²) >= 11 is 5.86. The van der Waals surface area contributed by atoms with E-state index in [9.17, 15) is 9.59 Å². The summed E-state index contributed by atoms with van der Waals surface area (Å²) in [5.74, 6) is -0.207. The molecule has 0 spiro atoms. The maximum Gasteiger partial charge on any atom is 0.267 e. The number of likely N-dealkylation sites (tertiary alicyclic amines) is 1. The zero-order valence-electron chi connectivity index (χ0n) is 16.0. The first-order valence-electron chi connectivity index (χ1n) is 9.45. The van der Waals surface area contributed by atoms with Crippen molar-refractivity contribution in [2.75, 3.05) is 13.6 Å². The van der Waals surface area contributed by atoms with Gasteiger partial charge in [-0.05, 0) is 11.6 Å². The van der Waals surface area contributed by atoms with Crippen LogP contribution in [0.2, 0.25) is 5.02 Å². The number of hydrogen-bond donors (Lipinski definition) is 2. The van der Waals surface area contributed by atoms with E-state index in [2.05, 4.69) is 27.5 Å². The Morgan fingerprint density at radius 1 is 1.34 bits per heavy atom. The number of carbonyl (C=O) groups excluding carboxylic acids is 2. The molecule has 2 aromatic heterocycles. The SMILES string of the molecule is CN1C(=O)C[C@@H](CNC(=O)c2cc(Cl)c[nH]2)[C@@H]1c1cnn(Cc2ccccc2)c1. The van der Waals surface area contributed by atoms with Crippen LogP contribution in [-0.2, 0) is 11.3 Å². The van der Waals surface area contributed by atoms with E-state index in [4.69, 9.17) is 11.6 Å². The van der Waals surface area contributed by atoms with Crippen molar-refractivity contribution in [3.8, 4) is 0 Å². The molecule has 0 bridgehead atoms. The van der Waals surface area contributed by atoms with E-state index in [1.807, 2.05) is 35.3 Å². The van der Waals surface area contributed by atoms with Gasteiger partial charge in [-0.25, -0.2) is 0 Å². The predicted molar refractivity (Wildman–Crippen MR) is 110 cm³/mol. The average molecular weight is 412 g/mol. The number of nitrogens with zero attached hydrogens (tertiary/aromatic N) is 3. The lowest BCUT2D eigenvalue weighted by Gasteiger charge is -2.24. The molecule has 4 rings (SSSR count). The van der Waals surface area contributed by atoms with E-state index < -0.39 is 0 Å². The first-order chi connectivity index (χ1) is 14.0. The molecule has 2 amide bonds. The Bertz CT molecular complexity index is 1010. The van der Waals surface area contributed by atoms with Crippen LogP contribution in [0.5, 0.6) is 0 Å². The largest absolute Gasteiger partial charge is 0.356 e. The molecule has 1 aromatic carbocycles. The first kappa shape index (κ1) is 19.3. The van der Waals surface area contributed by atoms with Gasteiger partial charge in [0.2, 0.25) is 5.91 Å². The molecular formula is C21H22ClN5O2. The quantitative estimate of drug-likeness (QED) is 0.654. The number of benzene rings is 1. The van der Waals surface area contributed by atoms with Gasteiger partial charge in [0.25, 0.3) is 5.91 Å². The van der Waals surface area contributed by atoms with Gasteiger partial charge in [0.1, 0.15) is 5.69 Å². The summed E-state index contributed by atoms with van der Waals surface area (Å²) in [7, 11) is 1.80. The molecule has 1 fully saturated rings. The number of aromatic amines is 1. The zero-order chi connectivity index (χ0) is 20.4. The van der Waals surface area contributed by atoms with Gasteiger partial charge in [0, 0.05) is 43.9 Å². The van der Waals surface area contributed by atoms with Crippen LogP contribution < -0.4 is 5.32 Å². The number of H-pyrrole nitrogens is 1.